The number of likely N-dealkylation sites (tertiary alicyclic amines) is 1. The first-order chi connectivity index (χ1) is 7.61. The van der Waals surface area contributed by atoms with Crippen LogP contribution >= 0.6 is 0 Å². The van der Waals surface area contributed by atoms with Crippen LogP contribution < -0.4 is 11.5 Å². The van der Waals surface area contributed by atoms with Gasteiger partial charge in [0.2, 0.25) is 0 Å². The van der Waals surface area contributed by atoms with Gasteiger partial charge in [-0.25, -0.2) is 0 Å². The van der Waals surface area contributed by atoms with Gasteiger partial charge in [-0.3, -0.25) is 4.90 Å². The highest BCUT2D eigenvalue weighted by Crippen LogP contribution is 2.37. The summed E-state index contributed by atoms with van der Waals surface area (Å²) in [6, 6.07) is 4.41. The average molecular weight is 219 g/mol. The number of hydrogen-bond acceptors (Lipinski definition) is 3. The molecule has 1 aromatic rings. The predicted octanol–water partition coefficient (Wildman–Crippen LogP) is 2.32. The van der Waals surface area contributed by atoms with Crippen molar-refractivity contribution in [2.24, 2.45) is 0 Å². The minimum Gasteiger partial charge on any atom is -0.397 e. The summed E-state index contributed by atoms with van der Waals surface area (Å²) in [6.45, 7) is 3.27. The maximum absolute atomic E-state index is 6.12. The van der Waals surface area contributed by atoms with Gasteiger partial charge >= 0.3 is 0 Å². The summed E-state index contributed by atoms with van der Waals surface area (Å²) in [4.78, 5) is 2.39. The Hall–Kier alpha value is -1.22. The number of benzene rings is 1. The minimum atomic E-state index is 0.442. The van der Waals surface area contributed by atoms with Gasteiger partial charge in [0.1, 0.15) is 0 Å². The van der Waals surface area contributed by atoms with E-state index in [2.05, 4.69) is 24.9 Å². The van der Waals surface area contributed by atoms with Gasteiger partial charge in [0.25, 0.3) is 0 Å². The van der Waals surface area contributed by atoms with Crippen LogP contribution in [0.3, 0.4) is 0 Å². The van der Waals surface area contributed by atoms with Gasteiger partial charge in [0.15, 0.2) is 0 Å². The second-order valence-electron chi connectivity index (χ2n) is 4.79. The third-order valence-electron chi connectivity index (χ3n) is 3.64. The molecule has 0 spiro atoms. The van der Waals surface area contributed by atoms with Crippen molar-refractivity contribution in [1.29, 1.82) is 0 Å². The van der Waals surface area contributed by atoms with E-state index in [-0.39, 0.29) is 0 Å². The fourth-order valence-corrected chi connectivity index (χ4v) is 2.64. The molecule has 1 aliphatic heterocycles. The largest absolute Gasteiger partial charge is 0.397 e. The fraction of sp³-hybridized carbons (Fsp3) is 0.538. The SMILES string of the molecule is Cc1ccc(N)c(N)c1C1CCCCN1C. The zero-order valence-corrected chi connectivity index (χ0v) is 10.2. The number of aryl methyl sites for hydroxylation is 1. The number of nitrogens with two attached hydrogens (primary N) is 2. The molecule has 1 heterocycles. The Bertz CT molecular complexity index is 387. The quantitative estimate of drug-likeness (QED) is 0.713. The molecule has 0 bridgehead atoms. The monoisotopic (exact) mass is 219 g/mol. The lowest BCUT2D eigenvalue weighted by Gasteiger charge is -2.34. The van der Waals surface area contributed by atoms with Crippen LogP contribution in [0.1, 0.15) is 36.4 Å². The van der Waals surface area contributed by atoms with Crippen molar-refractivity contribution >= 4 is 11.4 Å². The van der Waals surface area contributed by atoms with Gasteiger partial charge in [-0.05, 0) is 50.6 Å². The Kier molecular flexibility index (Phi) is 3.06. The lowest BCUT2D eigenvalue weighted by Crippen LogP contribution is -2.30. The molecule has 1 atom stereocenters. The van der Waals surface area contributed by atoms with Crippen LogP contribution in [0, 0.1) is 6.92 Å². The van der Waals surface area contributed by atoms with Crippen LogP contribution in [-0.4, -0.2) is 18.5 Å². The smallest absolute Gasteiger partial charge is 0.0599 e. The molecule has 1 unspecified atom stereocenters. The summed E-state index contributed by atoms with van der Waals surface area (Å²) in [6.07, 6.45) is 3.75. The Morgan fingerprint density at radius 2 is 2.00 bits per heavy atom. The molecule has 88 valence electrons. The van der Waals surface area contributed by atoms with Crippen molar-refractivity contribution in [2.75, 3.05) is 25.1 Å². The topological polar surface area (TPSA) is 55.3 Å². The number of hydrogen-bond donors (Lipinski definition) is 2. The predicted molar refractivity (Wildman–Crippen MR) is 69.2 cm³/mol. The van der Waals surface area contributed by atoms with Crippen LogP contribution in [0.5, 0.6) is 0 Å². The van der Waals surface area contributed by atoms with E-state index in [1.165, 1.54) is 30.4 Å². The molecule has 1 fully saturated rings. The number of anilines is 2. The molecule has 1 saturated heterocycles. The third kappa shape index (κ3) is 1.87. The number of piperidine rings is 1. The van der Waals surface area contributed by atoms with E-state index in [9.17, 15) is 0 Å². The molecule has 3 nitrogen and oxygen atoms in total. The first-order valence-electron chi connectivity index (χ1n) is 5.96. The summed E-state index contributed by atoms with van der Waals surface area (Å²) < 4.78 is 0. The van der Waals surface area contributed by atoms with E-state index < -0.39 is 0 Å². The number of nitrogen functional groups attached to an aromatic ring is 2. The normalized spacial score (nSPS) is 22.2. The number of rotatable bonds is 1. The summed E-state index contributed by atoms with van der Waals surface area (Å²) in [5.41, 5.74) is 16.0. The molecule has 1 aromatic carbocycles. The number of nitrogens with zero attached hydrogens (tertiary/aromatic N) is 1. The zero-order valence-electron chi connectivity index (χ0n) is 10.2. The van der Waals surface area contributed by atoms with Gasteiger partial charge in [-0.1, -0.05) is 12.5 Å². The summed E-state index contributed by atoms with van der Waals surface area (Å²) in [7, 11) is 2.17. The molecular formula is C13H21N3. The van der Waals surface area contributed by atoms with Gasteiger partial charge in [0.05, 0.1) is 11.4 Å². The van der Waals surface area contributed by atoms with Crippen molar-refractivity contribution in [3.05, 3.63) is 23.3 Å². The van der Waals surface area contributed by atoms with Gasteiger partial charge in [0, 0.05) is 6.04 Å². The van der Waals surface area contributed by atoms with Crippen molar-refractivity contribution in [3.8, 4) is 0 Å². The summed E-state index contributed by atoms with van der Waals surface area (Å²) in [5.74, 6) is 0. The van der Waals surface area contributed by atoms with E-state index in [0.29, 0.717) is 11.7 Å². The standard InChI is InChI=1S/C13H21N3/c1-9-6-7-10(14)13(15)12(9)11-5-3-4-8-16(11)2/h6-7,11H,3-5,8,14-15H2,1-2H3. The molecule has 0 aromatic heterocycles. The molecule has 1 aliphatic rings. The molecule has 0 aliphatic carbocycles. The van der Waals surface area contributed by atoms with E-state index in [4.69, 9.17) is 11.5 Å². The molecule has 16 heavy (non-hydrogen) atoms. The Labute approximate surface area is 97.4 Å². The second kappa shape index (κ2) is 4.34. The van der Waals surface area contributed by atoms with Crippen molar-refractivity contribution in [2.45, 2.75) is 32.2 Å². The van der Waals surface area contributed by atoms with E-state index >= 15 is 0 Å². The molecular weight excluding hydrogens is 198 g/mol. The van der Waals surface area contributed by atoms with Crippen LogP contribution in [0.2, 0.25) is 0 Å². The average Bonchev–Trinajstić information content (AvgIpc) is 2.27. The van der Waals surface area contributed by atoms with Crippen molar-refractivity contribution in [1.82, 2.24) is 4.90 Å². The van der Waals surface area contributed by atoms with Crippen LogP contribution in [0.25, 0.3) is 0 Å². The highest BCUT2D eigenvalue weighted by Gasteiger charge is 2.24. The zero-order chi connectivity index (χ0) is 11.7. The summed E-state index contributed by atoms with van der Waals surface area (Å²) >= 11 is 0. The minimum absolute atomic E-state index is 0.442. The lowest BCUT2D eigenvalue weighted by atomic mass is 9.91. The van der Waals surface area contributed by atoms with E-state index in [1.54, 1.807) is 0 Å². The van der Waals surface area contributed by atoms with E-state index in [1.807, 2.05) is 6.07 Å². The first kappa shape index (κ1) is 11.3. The molecule has 0 saturated carbocycles. The summed E-state index contributed by atoms with van der Waals surface area (Å²) in [5, 5.41) is 0. The Morgan fingerprint density at radius 1 is 1.25 bits per heavy atom. The molecule has 2 rings (SSSR count). The highest BCUT2D eigenvalue weighted by molar-refractivity contribution is 5.70. The maximum atomic E-state index is 6.12. The van der Waals surface area contributed by atoms with Crippen molar-refractivity contribution in [3.63, 3.8) is 0 Å². The second-order valence-corrected chi connectivity index (χ2v) is 4.79. The highest BCUT2D eigenvalue weighted by atomic mass is 15.1. The lowest BCUT2D eigenvalue weighted by molar-refractivity contribution is 0.187. The van der Waals surface area contributed by atoms with Crippen LogP contribution in [0.15, 0.2) is 12.1 Å². The van der Waals surface area contributed by atoms with Crippen LogP contribution in [-0.2, 0) is 0 Å². The molecule has 0 amide bonds. The van der Waals surface area contributed by atoms with Gasteiger partial charge in [-0.2, -0.15) is 0 Å². The first-order valence-corrected chi connectivity index (χ1v) is 5.96. The van der Waals surface area contributed by atoms with Crippen LogP contribution in [0.4, 0.5) is 11.4 Å². The van der Waals surface area contributed by atoms with Gasteiger partial charge < -0.3 is 11.5 Å². The van der Waals surface area contributed by atoms with E-state index in [0.717, 1.165) is 12.2 Å². The Morgan fingerprint density at radius 3 is 2.69 bits per heavy atom. The maximum Gasteiger partial charge on any atom is 0.0599 e. The van der Waals surface area contributed by atoms with Gasteiger partial charge in [-0.15, -0.1) is 0 Å². The molecule has 4 N–H and O–H groups in total. The Balaban J connectivity index is 2.42. The van der Waals surface area contributed by atoms with Crippen molar-refractivity contribution < 1.29 is 0 Å². The third-order valence-corrected chi connectivity index (χ3v) is 3.64. The molecule has 0 radical (unpaired) electrons. The fourth-order valence-electron chi connectivity index (χ4n) is 2.64. The molecule has 3 heteroatoms.